The quantitative estimate of drug-likeness (QED) is 0.854. The third kappa shape index (κ3) is 5.93. The van der Waals surface area contributed by atoms with Crippen LogP contribution < -0.4 is 5.32 Å². The van der Waals surface area contributed by atoms with Crippen molar-refractivity contribution in [3.63, 3.8) is 0 Å². The van der Waals surface area contributed by atoms with Gasteiger partial charge in [0.05, 0.1) is 18.3 Å². The molecular weight excluding hydrogens is 240 g/mol. The van der Waals surface area contributed by atoms with E-state index in [1.165, 1.54) is 12.1 Å². The Morgan fingerprint density at radius 2 is 1.78 bits per heavy atom. The molecule has 5 heteroatoms. The first-order valence-electron chi connectivity index (χ1n) is 5.78. The third-order valence-electron chi connectivity index (χ3n) is 2.11. The Kier molecular flexibility index (Phi) is 5.04. The van der Waals surface area contributed by atoms with Gasteiger partial charge in [0.1, 0.15) is 11.6 Å². The predicted octanol–water partition coefficient (Wildman–Crippen LogP) is 2.55. The molecule has 0 saturated heterocycles. The van der Waals surface area contributed by atoms with Crippen LogP contribution in [0.4, 0.5) is 14.5 Å². The summed E-state index contributed by atoms with van der Waals surface area (Å²) in [6, 6.07) is 3.13. The van der Waals surface area contributed by atoms with Gasteiger partial charge in [0.25, 0.3) is 0 Å². The van der Waals surface area contributed by atoms with Crippen LogP contribution in [0.25, 0.3) is 0 Å². The summed E-state index contributed by atoms with van der Waals surface area (Å²) >= 11 is 0. The molecule has 1 atom stereocenters. The highest BCUT2D eigenvalue weighted by atomic mass is 19.1. The van der Waals surface area contributed by atoms with Gasteiger partial charge in [-0.2, -0.15) is 0 Å². The van der Waals surface area contributed by atoms with Crippen LogP contribution in [0.5, 0.6) is 0 Å². The zero-order valence-electron chi connectivity index (χ0n) is 10.8. The lowest BCUT2D eigenvalue weighted by Gasteiger charge is -2.22. The second kappa shape index (κ2) is 6.11. The van der Waals surface area contributed by atoms with Crippen LogP contribution >= 0.6 is 0 Å². The van der Waals surface area contributed by atoms with E-state index in [4.69, 9.17) is 4.74 Å². The Bertz CT molecular complexity index is 371. The molecule has 102 valence electrons. The maximum absolute atomic E-state index is 12.9. The minimum atomic E-state index is -0.740. The van der Waals surface area contributed by atoms with Gasteiger partial charge in [-0.3, -0.25) is 0 Å². The van der Waals surface area contributed by atoms with Gasteiger partial charge in [-0.25, -0.2) is 8.78 Å². The molecule has 1 aromatic carbocycles. The first-order valence-corrected chi connectivity index (χ1v) is 5.78. The zero-order valence-corrected chi connectivity index (χ0v) is 10.8. The first kappa shape index (κ1) is 14.9. The highest BCUT2D eigenvalue weighted by Crippen LogP contribution is 2.13. The number of benzene rings is 1. The van der Waals surface area contributed by atoms with Crippen LogP contribution in [0.1, 0.15) is 20.8 Å². The maximum Gasteiger partial charge on any atom is 0.128 e. The number of ether oxygens (including phenoxy) is 1. The summed E-state index contributed by atoms with van der Waals surface area (Å²) in [5.41, 5.74) is -0.0336. The number of rotatable bonds is 5. The smallest absolute Gasteiger partial charge is 0.128 e. The second-order valence-corrected chi connectivity index (χ2v) is 5.12. The first-order chi connectivity index (χ1) is 8.26. The van der Waals surface area contributed by atoms with Gasteiger partial charge in [0.15, 0.2) is 0 Å². The van der Waals surface area contributed by atoms with E-state index < -0.39 is 17.7 Å². The molecule has 0 spiro atoms. The lowest BCUT2D eigenvalue weighted by atomic mass is 10.2. The monoisotopic (exact) mass is 259 g/mol. The van der Waals surface area contributed by atoms with Crippen molar-refractivity contribution in [3.05, 3.63) is 29.8 Å². The average Bonchev–Trinajstić information content (AvgIpc) is 2.21. The fourth-order valence-corrected chi connectivity index (χ4v) is 1.30. The number of halogens is 2. The van der Waals surface area contributed by atoms with E-state index in [1.807, 2.05) is 20.8 Å². The molecule has 0 aliphatic heterocycles. The van der Waals surface area contributed by atoms with Crippen molar-refractivity contribution in [2.75, 3.05) is 18.5 Å². The maximum atomic E-state index is 12.9. The van der Waals surface area contributed by atoms with Crippen LogP contribution in [0.3, 0.4) is 0 Å². The van der Waals surface area contributed by atoms with Crippen LogP contribution in [0.15, 0.2) is 18.2 Å². The van der Waals surface area contributed by atoms with Crippen molar-refractivity contribution in [1.82, 2.24) is 0 Å². The summed E-state index contributed by atoms with van der Waals surface area (Å²) in [5, 5.41) is 12.4. The number of aliphatic hydroxyl groups is 1. The van der Waals surface area contributed by atoms with E-state index in [2.05, 4.69) is 5.32 Å². The SMILES string of the molecule is CC(C)(C)OCC(O)CNc1cc(F)cc(F)c1. The number of hydrogen-bond donors (Lipinski definition) is 2. The van der Waals surface area contributed by atoms with Crippen LogP contribution in [-0.4, -0.2) is 30.0 Å². The molecule has 1 unspecified atom stereocenters. The molecular formula is C13H19F2NO2. The standard InChI is InChI=1S/C13H19F2NO2/c1-13(2,3)18-8-12(17)7-16-11-5-9(14)4-10(15)6-11/h4-6,12,16-17H,7-8H2,1-3H3. The molecule has 0 radical (unpaired) electrons. The second-order valence-electron chi connectivity index (χ2n) is 5.12. The molecule has 2 N–H and O–H groups in total. The summed E-state index contributed by atoms with van der Waals surface area (Å²) < 4.78 is 31.2. The lowest BCUT2D eigenvalue weighted by molar-refractivity contribution is -0.0449. The number of aliphatic hydroxyl groups excluding tert-OH is 1. The molecule has 0 saturated carbocycles. The summed E-state index contributed by atoms with van der Waals surface area (Å²) in [4.78, 5) is 0. The van der Waals surface area contributed by atoms with Crippen molar-refractivity contribution in [3.8, 4) is 0 Å². The molecule has 0 amide bonds. The van der Waals surface area contributed by atoms with Gasteiger partial charge in [0, 0.05) is 18.3 Å². The highest BCUT2D eigenvalue weighted by Gasteiger charge is 2.13. The van der Waals surface area contributed by atoms with Crippen LogP contribution in [0, 0.1) is 11.6 Å². The van der Waals surface area contributed by atoms with Gasteiger partial charge in [-0.05, 0) is 32.9 Å². The van der Waals surface area contributed by atoms with Gasteiger partial charge < -0.3 is 15.2 Å². The van der Waals surface area contributed by atoms with Crippen molar-refractivity contribution in [2.24, 2.45) is 0 Å². The predicted molar refractivity (Wildman–Crippen MR) is 66.6 cm³/mol. The highest BCUT2D eigenvalue weighted by molar-refractivity contribution is 5.43. The van der Waals surface area contributed by atoms with E-state index in [9.17, 15) is 13.9 Å². The summed E-state index contributed by atoms with van der Waals surface area (Å²) in [6.45, 7) is 5.98. The Hall–Kier alpha value is -1.20. The Labute approximate surface area is 106 Å². The Balaban J connectivity index is 2.40. The minimum Gasteiger partial charge on any atom is -0.389 e. The topological polar surface area (TPSA) is 41.5 Å². The lowest BCUT2D eigenvalue weighted by Crippen LogP contribution is -2.30. The van der Waals surface area contributed by atoms with E-state index in [0.29, 0.717) is 5.69 Å². The van der Waals surface area contributed by atoms with Gasteiger partial charge >= 0.3 is 0 Å². The van der Waals surface area contributed by atoms with Crippen molar-refractivity contribution < 1.29 is 18.6 Å². The van der Waals surface area contributed by atoms with E-state index in [1.54, 1.807) is 0 Å². The fraction of sp³-hybridized carbons (Fsp3) is 0.538. The van der Waals surface area contributed by atoms with E-state index in [-0.39, 0.29) is 18.8 Å². The summed E-state index contributed by atoms with van der Waals surface area (Å²) in [7, 11) is 0. The molecule has 0 fully saturated rings. The Morgan fingerprint density at radius 1 is 1.22 bits per heavy atom. The van der Waals surface area contributed by atoms with Crippen molar-refractivity contribution >= 4 is 5.69 Å². The van der Waals surface area contributed by atoms with E-state index in [0.717, 1.165) is 6.07 Å². The van der Waals surface area contributed by atoms with Gasteiger partial charge in [-0.1, -0.05) is 0 Å². The van der Waals surface area contributed by atoms with Gasteiger partial charge in [0.2, 0.25) is 0 Å². The third-order valence-corrected chi connectivity index (χ3v) is 2.11. The summed E-state index contributed by atoms with van der Waals surface area (Å²) in [6.07, 6.45) is -0.740. The van der Waals surface area contributed by atoms with Crippen LogP contribution in [-0.2, 0) is 4.74 Å². The molecule has 0 aliphatic rings. The van der Waals surface area contributed by atoms with Crippen molar-refractivity contribution in [2.45, 2.75) is 32.5 Å². The molecule has 1 aromatic rings. The number of nitrogens with one attached hydrogen (secondary N) is 1. The summed E-state index contributed by atoms with van der Waals surface area (Å²) in [5.74, 6) is -1.31. The van der Waals surface area contributed by atoms with Crippen LogP contribution in [0.2, 0.25) is 0 Å². The normalized spacial score (nSPS) is 13.4. The molecule has 0 aliphatic carbocycles. The van der Waals surface area contributed by atoms with E-state index >= 15 is 0 Å². The number of hydrogen-bond acceptors (Lipinski definition) is 3. The molecule has 0 bridgehead atoms. The average molecular weight is 259 g/mol. The zero-order chi connectivity index (χ0) is 13.8. The molecule has 1 rings (SSSR count). The fourth-order valence-electron chi connectivity index (χ4n) is 1.30. The van der Waals surface area contributed by atoms with Gasteiger partial charge in [-0.15, -0.1) is 0 Å². The molecule has 0 aromatic heterocycles. The molecule has 0 heterocycles. The minimum absolute atomic E-state index is 0.161. The Morgan fingerprint density at radius 3 is 2.28 bits per heavy atom. The molecule has 18 heavy (non-hydrogen) atoms. The number of anilines is 1. The molecule has 3 nitrogen and oxygen atoms in total. The van der Waals surface area contributed by atoms with Crippen molar-refractivity contribution in [1.29, 1.82) is 0 Å². The largest absolute Gasteiger partial charge is 0.389 e.